The number of amides is 3. The number of carbonyl (C=O) groups excluding carboxylic acids is 2. The van der Waals surface area contributed by atoms with E-state index >= 15 is 0 Å². The summed E-state index contributed by atoms with van der Waals surface area (Å²) in [7, 11) is 0. The molecule has 0 bridgehead atoms. The van der Waals surface area contributed by atoms with Crippen LogP contribution in [0.1, 0.15) is 16.8 Å². The van der Waals surface area contributed by atoms with Crippen molar-refractivity contribution >= 4 is 29.2 Å². The van der Waals surface area contributed by atoms with Gasteiger partial charge in [-0.2, -0.15) is 0 Å². The summed E-state index contributed by atoms with van der Waals surface area (Å²) in [6.45, 7) is 2.17. The second-order valence-electron chi connectivity index (χ2n) is 6.61. The fourth-order valence-corrected chi connectivity index (χ4v) is 3.55. The zero-order chi connectivity index (χ0) is 19.5. The molecule has 7 nitrogen and oxygen atoms in total. The van der Waals surface area contributed by atoms with Gasteiger partial charge in [-0.3, -0.25) is 4.79 Å². The Kier molecular flexibility index (Phi) is 5.25. The summed E-state index contributed by atoms with van der Waals surface area (Å²) in [5.74, 6) is 0.968. The van der Waals surface area contributed by atoms with Crippen molar-refractivity contribution in [3.63, 3.8) is 0 Å². The summed E-state index contributed by atoms with van der Waals surface area (Å²) in [6.07, 6.45) is 0.696. The van der Waals surface area contributed by atoms with Crippen LogP contribution in [0.2, 0.25) is 5.02 Å². The number of fused-ring (bicyclic) bond motifs is 1. The largest absolute Gasteiger partial charge is 0.454 e. The number of anilines is 1. The Balaban J connectivity index is 1.40. The fraction of sp³-hybridized carbons (Fsp3) is 0.300. The van der Waals surface area contributed by atoms with E-state index in [1.807, 2.05) is 0 Å². The summed E-state index contributed by atoms with van der Waals surface area (Å²) in [6, 6.07) is 12.1. The molecule has 0 atom stereocenters. The average molecular weight is 402 g/mol. The van der Waals surface area contributed by atoms with Crippen LogP contribution in [0.15, 0.2) is 42.5 Å². The van der Waals surface area contributed by atoms with E-state index in [-0.39, 0.29) is 18.7 Å². The van der Waals surface area contributed by atoms with Crippen LogP contribution in [-0.4, -0.2) is 54.7 Å². The van der Waals surface area contributed by atoms with E-state index in [0.717, 1.165) is 0 Å². The molecule has 2 heterocycles. The van der Waals surface area contributed by atoms with E-state index < -0.39 is 0 Å². The molecule has 0 spiro atoms. The lowest BCUT2D eigenvalue weighted by molar-refractivity contribution is 0.0758. The van der Waals surface area contributed by atoms with E-state index in [2.05, 4.69) is 5.32 Å². The third-order valence-corrected chi connectivity index (χ3v) is 5.01. The van der Waals surface area contributed by atoms with Gasteiger partial charge in [0.15, 0.2) is 11.5 Å². The summed E-state index contributed by atoms with van der Waals surface area (Å²) < 4.78 is 10.8. The zero-order valence-corrected chi connectivity index (χ0v) is 15.9. The van der Waals surface area contributed by atoms with Crippen molar-refractivity contribution in [1.29, 1.82) is 0 Å². The van der Waals surface area contributed by atoms with Gasteiger partial charge in [0.1, 0.15) is 0 Å². The minimum atomic E-state index is -0.200. The third kappa shape index (κ3) is 3.84. The van der Waals surface area contributed by atoms with Gasteiger partial charge in [-0.15, -0.1) is 0 Å². The molecule has 1 saturated heterocycles. The van der Waals surface area contributed by atoms with Gasteiger partial charge in [-0.05, 0) is 36.8 Å². The molecule has 0 aromatic heterocycles. The van der Waals surface area contributed by atoms with E-state index in [4.69, 9.17) is 21.1 Å². The van der Waals surface area contributed by atoms with Crippen LogP contribution in [0, 0.1) is 0 Å². The molecule has 8 heteroatoms. The topological polar surface area (TPSA) is 71.1 Å². The van der Waals surface area contributed by atoms with E-state index in [1.54, 1.807) is 52.3 Å². The van der Waals surface area contributed by atoms with Gasteiger partial charge in [0.2, 0.25) is 6.79 Å². The number of rotatable bonds is 2. The number of hydrogen-bond acceptors (Lipinski definition) is 4. The number of hydrogen-bond donors (Lipinski definition) is 1. The Bertz CT molecular complexity index is 905. The summed E-state index contributed by atoms with van der Waals surface area (Å²) >= 11 is 5.96. The van der Waals surface area contributed by atoms with Crippen LogP contribution < -0.4 is 14.8 Å². The molecular weight excluding hydrogens is 382 g/mol. The summed E-state index contributed by atoms with van der Waals surface area (Å²) in [4.78, 5) is 29.0. The second-order valence-corrected chi connectivity index (χ2v) is 7.05. The number of nitrogens with one attached hydrogen (secondary N) is 1. The highest BCUT2D eigenvalue weighted by Gasteiger charge is 2.27. The first-order valence-corrected chi connectivity index (χ1v) is 9.49. The Morgan fingerprint density at radius 1 is 0.964 bits per heavy atom. The molecule has 2 aliphatic heterocycles. The molecular formula is C20H20ClN3O4. The van der Waals surface area contributed by atoms with Crippen molar-refractivity contribution in [2.75, 3.05) is 38.3 Å². The van der Waals surface area contributed by atoms with Crippen molar-refractivity contribution in [1.82, 2.24) is 9.80 Å². The fourth-order valence-electron chi connectivity index (χ4n) is 3.36. The van der Waals surface area contributed by atoms with Crippen LogP contribution in [0.4, 0.5) is 10.5 Å². The molecule has 2 aromatic rings. The molecule has 1 N–H and O–H groups in total. The minimum absolute atomic E-state index is 0.112. The monoisotopic (exact) mass is 401 g/mol. The Labute approximate surface area is 167 Å². The third-order valence-electron chi connectivity index (χ3n) is 4.77. The SMILES string of the molecule is O=C(Nc1cccc(Cl)c1)N1CCCN(C(=O)c2cccc3c2OCO3)CC1. The Morgan fingerprint density at radius 3 is 2.61 bits per heavy atom. The zero-order valence-electron chi connectivity index (χ0n) is 15.2. The lowest BCUT2D eigenvalue weighted by atomic mass is 10.1. The number of carbonyl (C=O) groups is 2. The maximum absolute atomic E-state index is 13.0. The Morgan fingerprint density at radius 2 is 1.75 bits per heavy atom. The maximum Gasteiger partial charge on any atom is 0.321 e. The molecule has 28 heavy (non-hydrogen) atoms. The molecule has 0 unspecified atom stereocenters. The first-order chi connectivity index (χ1) is 13.6. The molecule has 2 aliphatic rings. The van der Waals surface area contributed by atoms with Gasteiger partial charge < -0.3 is 24.6 Å². The first kappa shape index (κ1) is 18.4. The smallest absolute Gasteiger partial charge is 0.321 e. The number of halogens is 1. The molecule has 2 aromatic carbocycles. The standard InChI is InChI=1S/C20H20ClN3O4/c21-14-4-1-5-15(12-14)22-20(26)24-9-3-8-23(10-11-24)19(25)16-6-2-7-17-18(16)28-13-27-17/h1-2,4-7,12H,3,8-11,13H2,(H,22,26). The Hall–Kier alpha value is -2.93. The van der Waals surface area contributed by atoms with Gasteiger partial charge >= 0.3 is 6.03 Å². The molecule has 0 aliphatic carbocycles. The van der Waals surface area contributed by atoms with Gasteiger partial charge in [0, 0.05) is 36.9 Å². The molecule has 146 valence electrons. The van der Waals surface area contributed by atoms with Gasteiger partial charge in [0.25, 0.3) is 5.91 Å². The van der Waals surface area contributed by atoms with Gasteiger partial charge in [-0.25, -0.2) is 4.79 Å². The minimum Gasteiger partial charge on any atom is -0.454 e. The van der Waals surface area contributed by atoms with Crippen molar-refractivity contribution in [2.45, 2.75) is 6.42 Å². The van der Waals surface area contributed by atoms with Crippen LogP contribution in [-0.2, 0) is 0 Å². The predicted octanol–water partition coefficient (Wildman–Crippen LogP) is 3.45. The summed E-state index contributed by atoms with van der Waals surface area (Å²) in [5.41, 5.74) is 1.14. The van der Waals surface area contributed by atoms with Crippen molar-refractivity contribution in [2.24, 2.45) is 0 Å². The lowest BCUT2D eigenvalue weighted by Crippen LogP contribution is -2.39. The van der Waals surface area contributed by atoms with Crippen LogP contribution >= 0.6 is 11.6 Å². The highest BCUT2D eigenvalue weighted by atomic mass is 35.5. The maximum atomic E-state index is 13.0. The van der Waals surface area contributed by atoms with Crippen LogP contribution in [0.3, 0.4) is 0 Å². The number of benzene rings is 2. The number of ether oxygens (including phenoxy) is 2. The number of nitrogens with zero attached hydrogens (tertiary/aromatic N) is 2. The molecule has 3 amide bonds. The number of urea groups is 1. The van der Waals surface area contributed by atoms with E-state index in [1.165, 1.54) is 0 Å². The first-order valence-electron chi connectivity index (χ1n) is 9.11. The molecule has 1 fully saturated rings. The van der Waals surface area contributed by atoms with Gasteiger partial charge in [-0.1, -0.05) is 23.7 Å². The van der Waals surface area contributed by atoms with E-state index in [9.17, 15) is 9.59 Å². The second kappa shape index (κ2) is 7.98. The predicted molar refractivity (Wildman–Crippen MR) is 105 cm³/mol. The van der Waals surface area contributed by atoms with Crippen LogP contribution in [0.5, 0.6) is 11.5 Å². The quantitative estimate of drug-likeness (QED) is 0.836. The highest BCUT2D eigenvalue weighted by Crippen LogP contribution is 2.36. The average Bonchev–Trinajstić information content (AvgIpc) is 3.03. The lowest BCUT2D eigenvalue weighted by Gasteiger charge is -2.23. The molecule has 0 saturated carbocycles. The summed E-state index contributed by atoms with van der Waals surface area (Å²) in [5, 5.41) is 3.41. The highest BCUT2D eigenvalue weighted by molar-refractivity contribution is 6.30. The molecule has 4 rings (SSSR count). The van der Waals surface area contributed by atoms with Crippen molar-refractivity contribution < 1.29 is 19.1 Å². The molecule has 0 radical (unpaired) electrons. The van der Waals surface area contributed by atoms with Crippen molar-refractivity contribution in [3.8, 4) is 11.5 Å². The van der Waals surface area contributed by atoms with Crippen LogP contribution in [0.25, 0.3) is 0 Å². The van der Waals surface area contributed by atoms with E-state index in [0.29, 0.717) is 60.4 Å². The van der Waals surface area contributed by atoms with Crippen molar-refractivity contribution in [3.05, 3.63) is 53.1 Å². The van der Waals surface area contributed by atoms with Gasteiger partial charge in [0.05, 0.1) is 5.56 Å². The number of para-hydroxylation sites is 1. The normalized spacial score (nSPS) is 15.9.